The normalized spacial score (nSPS) is 16.0. The van der Waals surface area contributed by atoms with E-state index >= 15 is 0 Å². The summed E-state index contributed by atoms with van der Waals surface area (Å²) in [5.41, 5.74) is 3.37. The van der Waals surface area contributed by atoms with Crippen molar-refractivity contribution in [3.8, 4) is 5.75 Å². The highest BCUT2D eigenvalue weighted by molar-refractivity contribution is 7.54. The van der Waals surface area contributed by atoms with Gasteiger partial charge in [-0.3, -0.25) is 9.36 Å². The third kappa shape index (κ3) is 3.95. The average molecular weight is 380 g/mol. The van der Waals surface area contributed by atoms with Gasteiger partial charge >= 0.3 is 7.60 Å². The van der Waals surface area contributed by atoms with Crippen molar-refractivity contribution >= 4 is 19.5 Å². The van der Waals surface area contributed by atoms with Crippen molar-refractivity contribution in [1.82, 2.24) is 0 Å². The van der Waals surface area contributed by atoms with Gasteiger partial charge in [0.1, 0.15) is 10.9 Å². The van der Waals surface area contributed by atoms with Crippen LogP contribution >= 0.6 is 7.60 Å². The summed E-state index contributed by atoms with van der Waals surface area (Å²) in [5, 5.41) is 8.96. The van der Waals surface area contributed by atoms with Gasteiger partial charge in [0.25, 0.3) is 0 Å². The van der Waals surface area contributed by atoms with E-state index in [4.69, 9.17) is 0 Å². The predicted octanol–water partition coefficient (Wildman–Crippen LogP) is 4.11. The maximum atomic E-state index is 12.4. The molecule has 0 aromatic heterocycles. The Bertz CT molecular complexity index is 793. The number of rotatable bonds is 4. The lowest BCUT2D eigenvalue weighted by Crippen LogP contribution is -2.29. The zero-order valence-corrected chi connectivity index (χ0v) is 17.1. The number of fused-ring (bicyclic) bond motifs is 1. The standard InChI is InChI=1S/C20H29O5P/c1-19(2,3)16-12-13(14-8-6-7-9-15(14)18(16)22)10-11-17(21)20(4,5)26(23,24)25/h10-12,22H,6-9H2,1-5H3,(H2,23,24,25)/b11-10+. The van der Waals surface area contributed by atoms with Crippen molar-refractivity contribution in [2.24, 2.45) is 0 Å². The molecule has 1 aliphatic carbocycles. The third-order valence-corrected chi connectivity index (χ3v) is 6.89. The first-order valence-electron chi connectivity index (χ1n) is 8.93. The van der Waals surface area contributed by atoms with Crippen LogP contribution in [0.2, 0.25) is 0 Å². The molecule has 1 aliphatic rings. The first kappa shape index (κ1) is 20.9. The Morgan fingerprint density at radius 3 is 2.12 bits per heavy atom. The number of benzene rings is 1. The minimum absolute atomic E-state index is 0.256. The topological polar surface area (TPSA) is 94.8 Å². The molecule has 0 aliphatic heterocycles. The molecule has 26 heavy (non-hydrogen) atoms. The van der Waals surface area contributed by atoms with Crippen molar-refractivity contribution in [2.75, 3.05) is 0 Å². The third-order valence-electron chi connectivity index (χ3n) is 5.21. The molecule has 144 valence electrons. The second-order valence-electron chi connectivity index (χ2n) is 8.58. The molecular formula is C20H29O5P. The Morgan fingerprint density at radius 2 is 1.62 bits per heavy atom. The van der Waals surface area contributed by atoms with E-state index in [9.17, 15) is 24.3 Å². The zero-order chi connectivity index (χ0) is 19.9. The van der Waals surface area contributed by atoms with Crippen LogP contribution in [0.15, 0.2) is 12.1 Å². The largest absolute Gasteiger partial charge is 0.507 e. The number of allylic oxidation sites excluding steroid dienone is 1. The summed E-state index contributed by atoms with van der Waals surface area (Å²) in [5.74, 6) is -0.271. The maximum Gasteiger partial charge on any atom is 0.338 e. The van der Waals surface area contributed by atoms with E-state index in [0.717, 1.165) is 47.9 Å². The number of ketones is 1. The number of carbonyl (C=O) groups excluding carboxylic acids is 1. The van der Waals surface area contributed by atoms with E-state index in [2.05, 4.69) is 0 Å². The second-order valence-corrected chi connectivity index (χ2v) is 10.8. The summed E-state index contributed by atoms with van der Waals surface area (Å²) in [6.45, 7) is 8.58. The van der Waals surface area contributed by atoms with Gasteiger partial charge in [-0.25, -0.2) is 0 Å². The van der Waals surface area contributed by atoms with Crippen molar-refractivity contribution in [3.05, 3.63) is 34.4 Å². The molecule has 0 heterocycles. The van der Waals surface area contributed by atoms with Crippen molar-refractivity contribution in [1.29, 1.82) is 0 Å². The highest BCUT2D eigenvalue weighted by Crippen LogP contribution is 2.50. The van der Waals surface area contributed by atoms with E-state index < -0.39 is 18.5 Å². The molecule has 0 spiro atoms. The van der Waals surface area contributed by atoms with Crippen molar-refractivity contribution in [3.63, 3.8) is 0 Å². The zero-order valence-electron chi connectivity index (χ0n) is 16.2. The number of phenols is 1. The van der Waals surface area contributed by atoms with Gasteiger partial charge < -0.3 is 14.9 Å². The predicted molar refractivity (Wildman–Crippen MR) is 104 cm³/mol. The minimum atomic E-state index is -4.55. The molecule has 0 radical (unpaired) electrons. The molecule has 0 fully saturated rings. The molecule has 0 unspecified atom stereocenters. The van der Waals surface area contributed by atoms with E-state index in [0.29, 0.717) is 5.75 Å². The summed E-state index contributed by atoms with van der Waals surface area (Å²) in [6, 6.07) is 1.90. The fourth-order valence-electron chi connectivity index (χ4n) is 3.19. The van der Waals surface area contributed by atoms with Crippen LogP contribution in [0, 0.1) is 0 Å². The average Bonchev–Trinajstić information content (AvgIpc) is 2.51. The minimum Gasteiger partial charge on any atom is -0.507 e. The number of aromatic hydroxyl groups is 1. The summed E-state index contributed by atoms with van der Waals surface area (Å²) >= 11 is 0. The molecule has 0 saturated carbocycles. The van der Waals surface area contributed by atoms with Crippen LogP contribution in [0.5, 0.6) is 5.75 Å². The Balaban J connectivity index is 2.53. The van der Waals surface area contributed by atoms with Crippen molar-refractivity contribution < 1.29 is 24.3 Å². The smallest absolute Gasteiger partial charge is 0.338 e. The van der Waals surface area contributed by atoms with E-state index in [-0.39, 0.29) is 5.41 Å². The first-order valence-corrected chi connectivity index (χ1v) is 10.5. The van der Waals surface area contributed by atoms with Gasteiger partial charge in [-0.1, -0.05) is 26.8 Å². The molecular weight excluding hydrogens is 351 g/mol. The van der Waals surface area contributed by atoms with Crippen LogP contribution in [-0.4, -0.2) is 25.8 Å². The Kier molecular flexibility index (Phi) is 5.59. The monoisotopic (exact) mass is 380 g/mol. The molecule has 0 atom stereocenters. The van der Waals surface area contributed by atoms with Gasteiger partial charge in [0, 0.05) is 5.56 Å². The van der Waals surface area contributed by atoms with Crippen LogP contribution in [0.25, 0.3) is 6.08 Å². The molecule has 5 nitrogen and oxygen atoms in total. The summed E-state index contributed by atoms with van der Waals surface area (Å²) in [6.07, 6.45) is 6.55. The van der Waals surface area contributed by atoms with Gasteiger partial charge in [0.15, 0.2) is 5.78 Å². The molecule has 0 bridgehead atoms. The highest BCUT2D eigenvalue weighted by Gasteiger charge is 2.43. The van der Waals surface area contributed by atoms with E-state index in [1.54, 1.807) is 6.08 Å². The molecule has 0 saturated heterocycles. The summed E-state index contributed by atoms with van der Waals surface area (Å²) < 4.78 is 11.6. The van der Waals surface area contributed by atoms with Gasteiger partial charge in [-0.15, -0.1) is 0 Å². The molecule has 2 rings (SSSR count). The van der Waals surface area contributed by atoms with Crippen LogP contribution < -0.4 is 0 Å². The number of hydrogen-bond donors (Lipinski definition) is 3. The van der Waals surface area contributed by atoms with Gasteiger partial charge in [-0.05, 0) is 73.8 Å². The summed E-state index contributed by atoms with van der Waals surface area (Å²) in [4.78, 5) is 31.2. The Morgan fingerprint density at radius 1 is 1.08 bits per heavy atom. The van der Waals surface area contributed by atoms with Crippen molar-refractivity contribution in [2.45, 2.75) is 70.9 Å². The SMILES string of the molecule is CC(C)(C)c1cc(/C=C/C(=O)C(C)(C)P(=O)(O)O)c2c(c1O)CCCC2. The molecule has 0 amide bonds. The van der Waals surface area contributed by atoms with Gasteiger partial charge in [-0.2, -0.15) is 0 Å². The fraction of sp³-hybridized carbons (Fsp3) is 0.550. The molecule has 1 aromatic carbocycles. The van der Waals surface area contributed by atoms with Crippen LogP contribution in [-0.2, 0) is 27.6 Å². The Hall–Kier alpha value is -1.42. The van der Waals surface area contributed by atoms with Crippen LogP contribution in [0.4, 0.5) is 0 Å². The number of phenolic OH excluding ortho intramolecular Hbond substituents is 1. The fourth-order valence-corrected chi connectivity index (χ4v) is 3.55. The van der Waals surface area contributed by atoms with Gasteiger partial charge in [0.2, 0.25) is 0 Å². The number of carbonyl (C=O) groups is 1. The first-order chi connectivity index (χ1) is 11.8. The molecule has 1 aromatic rings. The molecule has 3 N–H and O–H groups in total. The lowest BCUT2D eigenvalue weighted by Gasteiger charge is -2.27. The second kappa shape index (κ2) is 6.95. The molecule has 6 heteroatoms. The highest BCUT2D eigenvalue weighted by atomic mass is 31.2. The van der Waals surface area contributed by atoms with Crippen LogP contribution in [0.1, 0.15) is 69.7 Å². The van der Waals surface area contributed by atoms with E-state index in [1.807, 2.05) is 26.8 Å². The van der Waals surface area contributed by atoms with E-state index in [1.165, 1.54) is 19.9 Å². The summed E-state index contributed by atoms with van der Waals surface area (Å²) in [7, 11) is -4.55. The number of hydrogen-bond acceptors (Lipinski definition) is 3. The lowest BCUT2D eigenvalue weighted by atomic mass is 9.78. The quantitative estimate of drug-likeness (QED) is 0.540. The Labute approximate surface area is 155 Å². The van der Waals surface area contributed by atoms with Gasteiger partial charge in [0.05, 0.1) is 0 Å². The van der Waals surface area contributed by atoms with Crippen LogP contribution in [0.3, 0.4) is 0 Å². The lowest BCUT2D eigenvalue weighted by molar-refractivity contribution is -0.116. The maximum absolute atomic E-state index is 12.4.